The lowest BCUT2D eigenvalue weighted by Gasteiger charge is -2.57. The molecule has 29 heavy (non-hydrogen) atoms. The van der Waals surface area contributed by atoms with Crippen molar-refractivity contribution in [3.05, 3.63) is 65.2 Å². The molecule has 6 aliphatic rings. The number of hydrogen-bond donors (Lipinski definition) is 1. The molecular weight excluding hydrogens is 354 g/mol. The van der Waals surface area contributed by atoms with Crippen LogP contribution in [0.1, 0.15) is 61.1 Å². The van der Waals surface area contributed by atoms with Crippen molar-refractivity contribution in [1.82, 2.24) is 5.32 Å². The molecular formula is C27H31NO. The summed E-state index contributed by atoms with van der Waals surface area (Å²) in [7, 11) is 0. The minimum absolute atomic E-state index is 0.176. The first-order chi connectivity index (χ1) is 14.2. The van der Waals surface area contributed by atoms with Gasteiger partial charge in [0.25, 0.3) is 0 Å². The van der Waals surface area contributed by atoms with Crippen molar-refractivity contribution in [2.45, 2.75) is 55.3 Å². The molecule has 5 fully saturated rings. The molecule has 1 saturated heterocycles. The first-order valence-corrected chi connectivity index (χ1v) is 11.8. The third-order valence-electron chi connectivity index (χ3n) is 9.33. The quantitative estimate of drug-likeness (QED) is 0.784. The van der Waals surface area contributed by atoms with E-state index in [1.54, 1.807) is 5.56 Å². The number of benzene rings is 2. The lowest BCUT2D eigenvalue weighted by atomic mass is 9.48. The minimum atomic E-state index is 0.176. The monoisotopic (exact) mass is 385 g/mol. The predicted molar refractivity (Wildman–Crippen MR) is 116 cm³/mol. The second kappa shape index (κ2) is 5.88. The maximum absolute atomic E-state index is 6.41. The minimum Gasteiger partial charge on any atom is -0.493 e. The fourth-order valence-corrected chi connectivity index (χ4v) is 8.44. The average Bonchev–Trinajstić information content (AvgIpc) is 3.09. The second-order valence-electron chi connectivity index (χ2n) is 10.9. The van der Waals surface area contributed by atoms with Gasteiger partial charge in [-0.05, 0) is 90.5 Å². The van der Waals surface area contributed by atoms with Gasteiger partial charge in [0.1, 0.15) is 5.75 Å². The van der Waals surface area contributed by atoms with Crippen LogP contribution in [0, 0.1) is 17.8 Å². The zero-order valence-electron chi connectivity index (χ0n) is 17.2. The van der Waals surface area contributed by atoms with Crippen molar-refractivity contribution in [2.24, 2.45) is 17.8 Å². The number of ether oxygens (including phenoxy) is 1. The molecule has 2 aromatic rings. The van der Waals surface area contributed by atoms with E-state index in [4.69, 9.17) is 4.74 Å². The number of fused-ring (bicyclic) bond motifs is 4. The molecule has 5 aliphatic carbocycles. The standard InChI is InChI=1S/C27H31NO/c1-2-4-24-23(3-1)25-15-28-16-27(24,25)17-29-22-7-5-21(6-8-22)26-12-18-9-19(13-26)11-20(10-18)14-26/h1-8,18-20,25,28H,9-17H2/t18?,19?,20?,25-,26?,27-/m1/s1. The summed E-state index contributed by atoms with van der Waals surface area (Å²) in [6.07, 6.45) is 8.85. The van der Waals surface area contributed by atoms with Gasteiger partial charge in [-0.15, -0.1) is 0 Å². The van der Waals surface area contributed by atoms with Crippen molar-refractivity contribution in [2.75, 3.05) is 19.7 Å². The van der Waals surface area contributed by atoms with Gasteiger partial charge in [0, 0.05) is 19.0 Å². The van der Waals surface area contributed by atoms with Crippen molar-refractivity contribution in [1.29, 1.82) is 0 Å². The van der Waals surface area contributed by atoms with Gasteiger partial charge in [-0.2, -0.15) is 0 Å². The first-order valence-electron chi connectivity index (χ1n) is 11.8. The van der Waals surface area contributed by atoms with Crippen molar-refractivity contribution in [3.8, 4) is 5.75 Å². The molecule has 0 spiro atoms. The maximum atomic E-state index is 6.41. The third-order valence-corrected chi connectivity index (χ3v) is 9.33. The molecule has 0 unspecified atom stereocenters. The Hall–Kier alpha value is -1.80. The Labute approximate surface area is 174 Å². The van der Waals surface area contributed by atoms with Crippen LogP contribution in [0.25, 0.3) is 0 Å². The van der Waals surface area contributed by atoms with Gasteiger partial charge in [-0.3, -0.25) is 0 Å². The highest BCUT2D eigenvalue weighted by molar-refractivity contribution is 5.53. The zero-order valence-corrected chi connectivity index (χ0v) is 17.2. The molecule has 2 nitrogen and oxygen atoms in total. The van der Waals surface area contributed by atoms with Crippen LogP contribution in [0.3, 0.4) is 0 Å². The SMILES string of the molecule is c1ccc2c(c1)[C@H]1CNC[C@@]21COc1ccc(C23CC4CC(CC(C4)C2)C3)cc1. The summed E-state index contributed by atoms with van der Waals surface area (Å²) >= 11 is 0. The predicted octanol–water partition coefficient (Wildman–Crippen LogP) is 5.17. The van der Waals surface area contributed by atoms with Gasteiger partial charge in [-0.25, -0.2) is 0 Å². The second-order valence-corrected chi connectivity index (χ2v) is 10.9. The van der Waals surface area contributed by atoms with Gasteiger partial charge in [-0.1, -0.05) is 36.4 Å². The van der Waals surface area contributed by atoms with Crippen LogP contribution in [-0.4, -0.2) is 19.7 Å². The van der Waals surface area contributed by atoms with Crippen molar-refractivity contribution >= 4 is 0 Å². The highest BCUT2D eigenvalue weighted by Crippen LogP contribution is 2.61. The molecule has 1 N–H and O–H groups in total. The topological polar surface area (TPSA) is 21.3 Å². The lowest BCUT2D eigenvalue weighted by molar-refractivity contribution is -0.00521. The van der Waals surface area contributed by atoms with Crippen LogP contribution in [0.5, 0.6) is 5.75 Å². The summed E-state index contributed by atoms with van der Waals surface area (Å²) in [4.78, 5) is 0. The summed E-state index contributed by atoms with van der Waals surface area (Å²) in [5.74, 6) is 4.66. The molecule has 2 atom stereocenters. The van der Waals surface area contributed by atoms with E-state index in [1.165, 1.54) is 49.7 Å². The van der Waals surface area contributed by atoms with Gasteiger partial charge in [0.15, 0.2) is 0 Å². The van der Waals surface area contributed by atoms with Gasteiger partial charge in [0.2, 0.25) is 0 Å². The fraction of sp³-hybridized carbons (Fsp3) is 0.556. The van der Waals surface area contributed by atoms with Crippen LogP contribution < -0.4 is 10.1 Å². The van der Waals surface area contributed by atoms with Gasteiger partial charge >= 0.3 is 0 Å². The molecule has 2 heteroatoms. The van der Waals surface area contributed by atoms with E-state index in [0.717, 1.165) is 43.2 Å². The Kier molecular flexibility index (Phi) is 3.43. The van der Waals surface area contributed by atoms with E-state index >= 15 is 0 Å². The van der Waals surface area contributed by atoms with Gasteiger partial charge < -0.3 is 10.1 Å². The summed E-state index contributed by atoms with van der Waals surface area (Å²) in [5, 5.41) is 3.61. The highest BCUT2D eigenvalue weighted by Gasteiger charge is 2.55. The molecule has 4 saturated carbocycles. The van der Waals surface area contributed by atoms with E-state index in [0.29, 0.717) is 11.3 Å². The average molecular weight is 386 g/mol. The van der Waals surface area contributed by atoms with Gasteiger partial charge in [0.05, 0.1) is 12.0 Å². The molecule has 0 radical (unpaired) electrons. The molecule has 4 bridgehead atoms. The normalized spacial score (nSPS) is 41.0. The summed E-state index contributed by atoms with van der Waals surface area (Å²) in [5.41, 5.74) is 5.28. The molecule has 0 amide bonds. The van der Waals surface area contributed by atoms with E-state index < -0.39 is 0 Å². The van der Waals surface area contributed by atoms with Crippen LogP contribution >= 0.6 is 0 Å². The van der Waals surface area contributed by atoms with Crippen molar-refractivity contribution < 1.29 is 4.74 Å². The molecule has 0 aromatic heterocycles. The third kappa shape index (κ3) is 2.33. The number of nitrogens with one attached hydrogen (secondary N) is 1. The lowest BCUT2D eigenvalue weighted by Crippen LogP contribution is -2.48. The van der Waals surface area contributed by atoms with E-state index in [1.807, 2.05) is 0 Å². The molecule has 1 aliphatic heterocycles. The van der Waals surface area contributed by atoms with Crippen LogP contribution in [0.4, 0.5) is 0 Å². The number of rotatable bonds is 4. The van der Waals surface area contributed by atoms with Crippen molar-refractivity contribution in [3.63, 3.8) is 0 Å². The maximum Gasteiger partial charge on any atom is 0.119 e. The summed E-state index contributed by atoms with van der Waals surface area (Å²) in [6, 6.07) is 18.3. The highest BCUT2D eigenvalue weighted by atomic mass is 16.5. The largest absolute Gasteiger partial charge is 0.493 e. The van der Waals surface area contributed by atoms with E-state index in [2.05, 4.69) is 53.8 Å². The Bertz CT molecular complexity index is 912. The smallest absolute Gasteiger partial charge is 0.119 e. The molecule has 150 valence electrons. The summed E-state index contributed by atoms with van der Waals surface area (Å²) in [6.45, 7) is 2.92. The Morgan fingerprint density at radius 2 is 1.55 bits per heavy atom. The Balaban J connectivity index is 1.10. The Morgan fingerprint density at radius 3 is 2.28 bits per heavy atom. The molecule has 1 heterocycles. The van der Waals surface area contributed by atoms with Crippen LogP contribution in [0.15, 0.2) is 48.5 Å². The zero-order chi connectivity index (χ0) is 19.1. The summed E-state index contributed by atoms with van der Waals surface area (Å²) < 4.78 is 6.41. The molecule has 2 aromatic carbocycles. The number of hydrogen-bond acceptors (Lipinski definition) is 2. The fourth-order valence-electron chi connectivity index (χ4n) is 8.44. The van der Waals surface area contributed by atoms with E-state index in [9.17, 15) is 0 Å². The van der Waals surface area contributed by atoms with Crippen LogP contribution in [0.2, 0.25) is 0 Å². The van der Waals surface area contributed by atoms with E-state index in [-0.39, 0.29) is 5.41 Å². The first kappa shape index (κ1) is 16.9. The molecule has 8 rings (SSSR count). The Morgan fingerprint density at radius 1 is 0.862 bits per heavy atom. The van der Waals surface area contributed by atoms with Crippen LogP contribution in [-0.2, 0) is 10.8 Å².